The molecule has 0 bridgehead atoms. The largest absolute Gasteiger partial charge is 0.413 e. The Morgan fingerprint density at radius 1 is 1.45 bits per heavy atom. The SMILES string of the molecule is CC(=O)OC=NNc1cccc(COCCC(C)C)c1. The molecule has 0 fully saturated rings. The first-order valence-corrected chi connectivity index (χ1v) is 6.69. The quantitative estimate of drug-likeness (QED) is 0.261. The molecule has 0 saturated carbocycles. The lowest BCUT2D eigenvalue weighted by Gasteiger charge is -2.07. The molecule has 110 valence electrons. The van der Waals surface area contributed by atoms with Crippen molar-refractivity contribution in [2.75, 3.05) is 12.0 Å². The van der Waals surface area contributed by atoms with Crippen LogP contribution in [0, 0.1) is 5.92 Å². The van der Waals surface area contributed by atoms with Gasteiger partial charge in [0.05, 0.1) is 12.3 Å². The van der Waals surface area contributed by atoms with E-state index < -0.39 is 5.97 Å². The Kier molecular flexibility index (Phi) is 7.35. The van der Waals surface area contributed by atoms with Crippen LogP contribution >= 0.6 is 0 Å². The second-order valence-corrected chi connectivity index (χ2v) is 4.89. The van der Waals surface area contributed by atoms with Crippen LogP contribution in [-0.4, -0.2) is 19.0 Å². The number of nitrogens with one attached hydrogen (secondary N) is 1. The van der Waals surface area contributed by atoms with Crippen LogP contribution in [0.1, 0.15) is 32.8 Å². The van der Waals surface area contributed by atoms with Crippen LogP contribution in [-0.2, 0) is 20.9 Å². The number of anilines is 1. The van der Waals surface area contributed by atoms with Crippen LogP contribution in [0.15, 0.2) is 29.4 Å². The standard InChI is InChI=1S/C15H22N2O3/c1-12(2)7-8-19-10-14-5-4-6-15(9-14)17-16-11-20-13(3)18/h4-6,9,11-12,17H,7-8,10H2,1-3H3. The first-order valence-electron chi connectivity index (χ1n) is 6.69. The lowest BCUT2D eigenvalue weighted by molar-refractivity contribution is -0.132. The molecule has 5 nitrogen and oxygen atoms in total. The summed E-state index contributed by atoms with van der Waals surface area (Å²) in [5.74, 6) is 0.251. The van der Waals surface area contributed by atoms with Crippen LogP contribution in [0.2, 0.25) is 0 Å². The minimum absolute atomic E-state index is 0.400. The van der Waals surface area contributed by atoms with Crippen molar-refractivity contribution < 1.29 is 14.3 Å². The fourth-order valence-corrected chi connectivity index (χ4v) is 1.44. The summed E-state index contributed by atoms with van der Waals surface area (Å²) in [6.07, 6.45) is 2.14. The summed E-state index contributed by atoms with van der Waals surface area (Å²) in [7, 11) is 0. The number of nitrogens with zero attached hydrogens (tertiary/aromatic N) is 1. The van der Waals surface area contributed by atoms with E-state index in [1.807, 2.05) is 24.3 Å². The Bertz CT molecular complexity index is 444. The zero-order valence-corrected chi connectivity index (χ0v) is 12.3. The molecule has 0 amide bonds. The van der Waals surface area contributed by atoms with Crippen molar-refractivity contribution in [3.8, 4) is 0 Å². The van der Waals surface area contributed by atoms with E-state index in [9.17, 15) is 4.79 Å². The van der Waals surface area contributed by atoms with E-state index in [0.717, 1.165) is 30.7 Å². The molecule has 0 spiro atoms. The average molecular weight is 278 g/mol. The first-order chi connectivity index (χ1) is 9.58. The van der Waals surface area contributed by atoms with E-state index in [0.29, 0.717) is 12.5 Å². The molecule has 1 N–H and O–H groups in total. The van der Waals surface area contributed by atoms with Gasteiger partial charge in [0.2, 0.25) is 6.40 Å². The third-order valence-corrected chi connectivity index (χ3v) is 2.50. The zero-order valence-electron chi connectivity index (χ0n) is 12.3. The van der Waals surface area contributed by atoms with E-state index >= 15 is 0 Å². The highest BCUT2D eigenvalue weighted by molar-refractivity contribution is 5.75. The molecule has 0 unspecified atom stereocenters. The summed E-state index contributed by atoms with van der Waals surface area (Å²) in [5.41, 5.74) is 4.67. The molecule has 20 heavy (non-hydrogen) atoms. The van der Waals surface area contributed by atoms with Crippen molar-refractivity contribution in [2.45, 2.75) is 33.8 Å². The van der Waals surface area contributed by atoms with Gasteiger partial charge >= 0.3 is 5.97 Å². The Balaban J connectivity index is 2.37. The first kappa shape index (κ1) is 16.2. The summed E-state index contributed by atoms with van der Waals surface area (Å²) in [5, 5.41) is 3.78. The smallest absolute Gasteiger partial charge is 0.308 e. The van der Waals surface area contributed by atoms with Crippen LogP contribution in [0.3, 0.4) is 0 Å². The lowest BCUT2D eigenvalue weighted by Crippen LogP contribution is -2.00. The summed E-state index contributed by atoms with van der Waals surface area (Å²) in [6.45, 7) is 7.01. The van der Waals surface area contributed by atoms with Crippen molar-refractivity contribution in [3.05, 3.63) is 29.8 Å². The Morgan fingerprint density at radius 2 is 2.25 bits per heavy atom. The Hall–Kier alpha value is -1.88. The van der Waals surface area contributed by atoms with Gasteiger partial charge in [0.25, 0.3) is 0 Å². The zero-order chi connectivity index (χ0) is 14.8. The van der Waals surface area contributed by atoms with Crippen molar-refractivity contribution in [1.82, 2.24) is 0 Å². The Morgan fingerprint density at radius 3 is 2.95 bits per heavy atom. The van der Waals surface area contributed by atoms with Gasteiger partial charge in [0.15, 0.2) is 0 Å². The average Bonchev–Trinajstić information content (AvgIpc) is 2.40. The summed E-state index contributed by atoms with van der Waals surface area (Å²) < 4.78 is 10.2. The van der Waals surface area contributed by atoms with Crippen LogP contribution in [0.4, 0.5) is 5.69 Å². The van der Waals surface area contributed by atoms with E-state index in [2.05, 4.69) is 29.1 Å². The Labute approximate surface area is 120 Å². The number of rotatable bonds is 8. The molecule has 0 heterocycles. The van der Waals surface area contributed by atoms with Gasteiger partial charge in [-0.1, -0.05) is 26.0 Å². The number of esters is 1. The minimum atomic E-state index is -0.400. The minimum Gasteiger partial charge on any atom is -0.413 e. The molecule has 0 aliphatic rings. The molecule has 1 aromatic carbocycles. The third kappa shape index (κ3) is 7.53. The maximum atomic E-state index is 10.5. The van der Waals surface area contributed by atoms with Gasteiger partial charge in [-0.2, -0.15) is 0 Å². The number of hydrogen-bond acceptors (Lipinski definition) is 5. The second kappa shape index (κ2) is 9.09. The van der Waals surface area contributed by atoms with E-state index in [1.165, 1.54) is 6.92 Å². The molecule has 0 aromatic heterocycles. The van der Waals surface area contributed by atoms with Crippen molar-refractivity contribution in [1.29, 1.82) is 0 Å². The molecule has 0 aliphatic heterocycles. The normalized spacial score (nSPS) is 11.0. The van der Waals surface area contributed by atoms with E-state index in [-0.39, 0.29) is 0 Å². The van der Waals surface area contributed by atoms with E-state index in [1.54, 1.807) is 0 Å². The molecule has 5 heteroatoms. The fraction of sp³-hybridized carbons (Fsp3) is 0.467. The van der Waals surface area contributed by atoms with Gasteiger partial charge in [-0.05, 0) is 30.0 Å². The molecule has 0 aliphatic carbocycles. The highest BCUT2D eigenvalue weighted by atomic mass is 16.5. The topological polar surface area (TPSA) is 59.9 Å². The number of benzene rings is 1. The second-order valence-electron chi connectivity index (χ2n) is 4.89. The van der Waals surface area contributed by atoms with Crippen LogP contribution < -0.4 is 5.43 Å². The van der Waals surface area contributed by atoms with Gasteiger partial charge < -0.3 is 9.47 Å². The number of hydrazone groups is 1. The highest BCUT2D eigenvalue weighted by Crippen LogP contribution is 2.12. The third-order valence-electron chi connectivity index (χ3n) is 2.50. The van der Waals surface area contributed by atoms with Crippen molar-refractivity contribution in [3.63, 3.8) is 0 Å². The molecule has 1 rings (SSSR count). The number of carbonyl (C=O) groups is 1. The number of carbonyl (C=O) groups excluding carboxylic acids is 1. The van der Waals surface area contributed by atoms with Gasteiger partial charge in [-0.3, -0.25) is 10.2 Å². The summed E-state index contributed by atoms with van der Waals surface area (Å²) >= 11 is 0. The monoisotopic (exact) mass is 278 g/mol. The number of ether oxygens (including phenoxy) is 2. The maximum Gasteiger partial charge on any atom is 0.308 e. The summed E-state index contributed by atoms with van der Waals surface area (Å²) in [6, 6.07) is 7.74. The van der Waals surface area contributed by atoms with Crippen molar-refractivity contribution >= 4 is 18.1 Å². The number of hydrogen-bond donors (Lipinski definition) is 1. The van der Waals surface area contributed by atoms with E-state index in [4.69, 9.17) is 4.74 Å². The maximum absolute atomic E-state index is 10.5. The van der Waals surface area contributed by atoms with Gasteiger partial charge in [0, 0.05) is 13.5 Å². The predicted molar refractivity (Wildman–Crippen MR) is 79.4 cm³/mol. The molecule has 0 radical (unpaired) electrons. The predicted octanol–water partition coefficient (Wildman–Crippen LogP) is 3.17. The molecular weight excluding hydrogens is 256 g/mol. The summed E-state index contributed by atoms with van der Waals surface area (Å²) in [4.78, 5) is 10.5. The highest BCUT2D eigenvalue weighted by Gasteiger charge is 1.97. The fourth-order valence-electron chi connectivity index (χ4n) is 1.44. The van der Waals surface area contributed by atoms with Crippen LogP contribution in [0.25, 0.3) is 0 Å². The van der Waals surface area contributed by atoms with Crippen molar-refractivity contribution in [2.24, 2.45) is 11.0 Å². The molecular formula is C15H22N2O3. The van der Waals surface area contributed by atoms with Gasteiger partial charge in [-0.25, -0.2) is 0 Å². The molecule has 1 aromatic rings. The molecule has 0 atom stereocenters. The lowest BCUT2D eigenvalue weighted by atomic mass is 10.1. The van der Waals surface area contributed by atoms with Gasteiger partial charge in [0.1, 0.15) is 0 Å². The molecule has 0 saturated heterocycles. The van der Waals surface area contributed by atoms with Gasteiger partial charge in [-0.15, -0.1) is 5.10 Å². The van der Waals surface area contributed by atoms with Crippen LogP contribution in [0.5, 0.6) is 0 Å².